The average Bonchev–Trinajstić information content (AvgIpc) is 2.40. The fraction of sp³-hybridized carbons (Fsp3) is 0.143. The molecule has 0 aliphatic carbocycles. The van der Waals surface area contributed by atoms with Gasteiger partial charge in [0.05, 0.1) is 5.56 Å². The van der Waals surface area contributed by atoms with Crippen molar-refractivity contribution in [3.63, 3.8) is 0 Å². The molecule has 0 spiro atoms. The summed E-state index contributed by atoms with van der Waals surface area (Å²) in [7, 11) is 0. The standard InChI is InChI=1S/C14H13NO2S/c1-2-18-11-5-3-10(4-6-11)12-7-8-15-9-13(12)14(16)17/h3-9H,2H2,1H3,(H,16,17). The zero-order valence-electron chi connectivity index (χ0n) is 9.96. The maximum Gasteiger partial charge on any atom is 0.337 e. The van der Waals surface area contributed by atoms with Gasteiger partial charge in [0.1, 0.15) is 0 Å². The Morgan fingerprint density at radius 1 is 1.28 bits per heavy atom. The van der Waals surface area contributed by atoms with Gasteiger partial charge in [0.2, 0.25) is 0 Å². The molecule has 92 valence electrons. The molecule has 0 fully saturated rings. The summed E-state index contributed by atoms with van der Waals surface area (Å²) in [6.07, 6.45) is 2.99. The van der Waals surface area contributed by atoms with E-state index < -0.39 is 5.97 Å². The van der Waals surface area contributed by atoms with E-state index in [9.17, 15) is 4.79 Å². The molecule has 1 N–H and O–H groups in total. The van der Waals surface area contributed by atoms with E-state index >= 15 is 0 Å². The summed E-state index contributed by atoms with van der Waals surface area (Å²) in [5.41, 5.74) is 1.83. The molecule has 1 heterocycles. The topological polar surface area (TPSA) is 50.2 Å². The van der Waals surface area contributed by atoms with Gasteiger partial charge >= 0.3 is 5.97 Å². The van der Waals surface area contributed by atoms with Crippen molar-refractivity contribution in [1.82, 2.24) is 4.98 Å². The van der Waals surface area contributed by atoms with E-state index in [4.69, 9.17) is 5.11 Å². The number of carbonyl (C=O) groups is 1. The number of carboxylic acid groups (broad SMARTS) is 1. The van der Waals surface area contributed by atoms with Gasteiger partial charge in [-0.1, -0.05) is 19.1 Å². The molecule has 0 saturated carbocycles. The molecule has 0 saturated heterocycles. The monoisotopic (exact) mass is 259 g/mol. The third kappa shape index (κ3) is 2.71. The van der Waals surface area contributed by atoms with Crippen molar-refractivity contribution in [3.8, 4) is 11.1 Å². The van der Waals surface area contributed by atoms with Crippen molar-refractivity contribution in [2.45, 2.75) is 11.8 Å². The molecule has 0 bridgehead atoms. The summed E-state index contributed by atoms with van der Waals surface area (Å²) in [6, 6.07) is 9.63. The number of hydrogen-bond donors (Lipinski definition) is 1. The molecule has 0 amide bonds. The summed E-state index contributed by atoms with van der Waals surface area (Å²) >= 11 is 1.76. The quantitative estimate of drug-likeness (QED) is 0.853. The number of nitrogens with zero attached hydrogens (tertiary/aromatic N) is 1. The van der Waals surface area contributed by atoms with Crippen LogP contribution in [0.2, 0.25) is 0 Å². The number of hydrogen-bond acceptors (Lipinski definition) is 3. The first kappa shape index (κ1) is 12.6. The summed E-state index contributed by atoms with van der Waals surface area (Å²) in [5, 5.41) is 9.12. The molecule has 0 unspecified atom stereocenters. The summed E-state index contributed by atoms with van der Waals surface area (Å²) in [6.45, 7) is 2.10. The third-order valence-electron chi connectivity index (χ3n) is 2.53. The highest BCUT2D eigenvalue weighted by atomic mass is 32.2. The van der Waals surface area contributed by atoms with Gasteiger partial charge in [-0.15, -0.1) is 11.8 Å². The molecule has 2 aromatic rings. The second-order valence-electron chi connectivity index (χ2n) is 3.68. The van der Waals surface area contributed by atoms with E-state index in [0.717, 1.165) is 11.3 Å². The Labute approximate surface area is 110 Å². The first-order valence-corrected chi connectivity index (χ1v) is 6.61. The lowest BCUT2D eigenvalue weighted by atomic mass is 10.0. The van der Waals surface area contributed by atoms with Crippen LogP contribution >= 0.6 is 11.8 Å². The average molecular weight is 259 g/mol. The lowest BCUT2D eigenvalue weighted by Crippen LogP contribution is -2.00. The predicted molar refractivity (Wildman–Crippen MR) is 73.0 cm³/mol. The number of pyridine rings is 1. The van der Waals surface area contributed by atoms with Crippen LogP contribution in [0, 0.1) is 0 Å². The second-order valence-corrected chi connectivity index (χ2v) is 5.02. The van der Waals surface area contributed by atoms with E-state index in [0.29, 0.717) is 5.56 Å². The van der Waals surface area contributed by atoms with Crippen molar-refractivity contribution < 1.29 is 9.90 Å². The molecule has 18 heavy (non-hydrogen) atoms. The summed E-state index contributed by atoms with van der Waals surface area (Å²) in [4.78, 5) is 16.2. The van der Waals surface area contributed by atoms with E-state index in [1.165, 1.54) is 11.1 Å². The Balaban J connectivity index is 2.39. The Morgan fingerprint density at radius 2 is 2.00 bits per heavy atom. The van der Waals surface area contributed by atoms with Crippen molar-refractivity contribution >= 4 is 17.7 Å². The molecule has 2 rings (SSSR count). The van der Waals surface area contributed by atoms with Crippen LogP contribution in [0.25, 0.3) is 11.1 Å². The predicted octanol–water partition coefficient (Wildman–Crippen LogP) is 3.56. The molecule has 3 nitrogen and oxygen atoms in total. The van der Waals surface area contributed by atoms with Crippen LogP contribution in [0.4, 0.5) is 0 Å². The highest BCUT2D eigenvalue weighted by molar-refractivity contribution is 7.99. The van der Waals surface area contributed by atoms with Crippen LogP contribution in [-0.2, 0) is 0 Å². The highest BCUT2D eigenvalue weighted by Crippen LogP contribution is 2.26. The van der Waals surface area contributed by atoms with Gasteiger partial charge in [0.15, 0.2) is 0 Å². The van der Waals surface area contributed by atoms with Crippen LogP contribution < -0.4 is 0 Å². The SMILES string of the molecule is CCSc1ccc(-c2ccncc2C(=O)O)cc1. The number of carboxylic acids is 1. The van der Waals surface area contributed by atoms with Crippen LogP contribution in [0.3, 0.4) is 0 Å². The van der Waals surface area contributed by atoms with Crippen molar-refractivity contribution in [1.29, 1.82) is 0 Å². The lowest BCUT2D eigenvalue weighted by molar-refractivity contribution is 0.0697. The molecule has 4 heteroatoms. The molecule has 0 aliphatic rings. The van der Waals surface area contributed by atoms with Crippen LogP contribution in [0.1, 0.15) is 17.3 Å². The minimum atomic E-state index is -0.954. The van der Waals surface area contributed by atoms with Gasteiger partial charge in [-0.2, -0.15) is 0 Å². The first-order valence-electron chi connectivity index (χ1n) is 5.63. The minimum Gasteiger partial charge on any atom is -0.478 e. The zero-order chi connectivity index (χ0) is 13.0. The lowest BCUT2D eigenvalue weighted by Gasteiger charge is -2.06. The van der Waals surface area contributed by atoms with E-state index in [1.54, 1.807) is 24.0 Å². The van der Waals surface area contributed by atoms with Crippen LogP contribution in [-0.4, -0.2) is 21.8 Å². The van der Waals surface area contributed by atoms with Gasteiger partial charge in [-0.05, 0) is 35.1 Å². The normalized spacial score (nSPS) is 10.3. The van der Waals surface area contributed by atoms with E-state index in [1.807, 2.05) is 24.3 Å². The molecular weight excluding hydrogens is 246 g/mol. The number of rotatable bonds is 4. The molecule has 0 aliphatic heterocycles. The van der Waals surface area contributed by atoms with Crippen LogP contribution in [0.5, 0.6) is 0 Å². The summed E-state index contributed by atoms with van der Waals surface area (Å²) < 4.78 is 0. The Bertz CT molecular complexity index is 552. The molecule has 1 aromatic carbocycles. The maximum absolute atomic E-state index is 11.1. The Morgan fingerprint density at radius 3 is 2.61 bits per heavy atom. The molecular formula is C14H13NO2S. The van der Waals surface area contributed by atoms with E-state index in [-0.39, 0.29) is 5.56 Å². The van der Waals surface area contributed by atoms with Gasteiger partial charge in [0.25, 0.3) is 0 Å². The fourth-order valence-electron chi connectivity index (χ4n) is 1.71. The maximum atomic E-state index is 11.1. The second kappa shape index (κ2) is 5.69. The fourth-order valence-corrected chi connectivity index (χ4v) is 2.38. The van der Waals surface area contributed by atoms with Gasteiger partial charge in [-0.3, -0.25) is 4.98 Å². The summed E-state index contributed by atoms with van der Waals surface area (Å²) in [5.74, 6) is 0.0692. The Hall–Kier alpha value is -1.81. The third-order valence-corrected chi connectivity index (χ3v) is 3.42. The molecule has 1 aromatic heterocycles. The number of aromatic nitrogens is 1. The van der Waals surface area contributed by atoms with Crippen molar-refractivity contribution in [2.75, 3.05) is 5.75 Å². The molecule has 0 radical (unpaired) electrons. The minimum absolute atomic E-state index is 0.230. The van der Waals surface area contributed by atoms with Crippen molar-refractivity contribution in [3.05, 3.63) is 48.3 Å². The first-order chi connectivity index (χ1) is 8.72. The van der Waals surface area contributed by atoms with Crippen molar-refractivity contribution in [2.24, 2.45) is 0 Å². The number of thioether (sulfide) groups is 1. The molecule has 0 atom stereocenters. The van der Waals surface area contributed by atoms with Crippen LogP contribution in [0.15, 0.2) is 47.6 Å². The smallest absolute Gasteiger partial charge is 0.337 e. The number of benzene rings is 1. The van der Waals surface area contributed by atoms with Gasteiger partial charge in [0, 0.05) is 17.3 Å². The highest BCUT2D eigenvalue weighted by Gasteiger charge is 2.11. The van der Waals surface area contributed by atoms with Gasteiger partial charge in [-0.25, -0.2) is 4.79 Å². The Kier molecular flexibility index (Phi) is 3.99. The zero-order valence-corrected chi connectivity index (χ0v) is 10.8. The van der Waals surface area contributed by atoms with E-state index in [2.05, 4.69) is 11.9 Å². The van der Waals surface area contributed by atoms with Gasteiger partial charge < -0.3 is 5.11 Å². The largest absolute Gasteiger partial charge is 0.478 e. The number of aromatic carboxylic acids is 1.